The highest BCUT2D eigenvalue weighted by Gasteiger charge is 2.22. The monoisotopic (exact) mass is 235 g/mol. The van der Waals surface area contributed by atoms with E-state index in [2.05, 4.69) is 0 Å². The molecule has 15 heavy (non-hydrogen) atoms. The van der Waals surface area contributed by atoms with Gasteiger partial charge in [-0.05, 0) is 12.8 Å². The van der Waals surface area contributed by atoms with Gasteiger partial charge in [0.2, 0.25) is 5.91 Å². The second-order valence-electron chi connectivity index (χ2n) is 4.02. The van der Waals surface area contributed by atoms with Gasteiger partial charge in [-0.3, -0.25) is 4.79 Å². The Morgan fingerprint density at radius 2 is 2.20 bits per heavy atom. The van der Waals surface area contributed by atoms with Gasteiger partial charge in [-0.1, -0.05) is 0 Å². The molecule has 0 spiro atoms. The first-order valence-corrected chi connectivity index (χ1v) is 7.08. The molecule has 1 heterocycles. The summed E-state index contributed by atoms with van der Waals surface area (Å²) >= 11 is 0. The number of rotatable bonds is 3. The van der Waals surface area contributed by atoms with Gasteiger partial charge in [0.25, 0.3) is 0 Å². The highest BCUT2D eigenvalue weighted by atomic mass is 32.2. The van der Waals surface area contributed by atoms with Gasteiger partial charge in [-0.15, -0.1) is 0 Å². The molecule has 5 nitrogen and oxygen atoms in total. The normalized spacial score (nSPS) is 22.8. The minimum Gasteiger partial charge on any atom is -0.391 e. The third kappa shape index (κ3) is 4.61. The molecule has 1 fully saturated rings. The van der Waals surface area contributed by atoms with E-state index in [1.807, 2.05) is 0 Å². The highest BCUT2D eigenvalue weighted by molar-refractivity contribution is 7.90. The highest BCUT2D eigenvalue weighted by Crippen LogP contribution is 2.11. The average molecular weight is 235 g/mol. The maximum absolute atomic E-state index is 11.5. The topological polar surface area (TPSA) is 74.7 Å². The molecule has 0 aromatic rings. The Bertz CT molecular complexity index is 325. The lowest BCUT2D eigenvalue weighted by Gasteiger charge is -2.30. The first kappa shape index (κ1) is 12.4. The zero-order valence-electron chi connectivity index (χ0n) is 8.85. The largest absolute Gasteiger partial charge is 0.391 e. The molecular formula is C9H17NO4S. The number of piperidine rings is 1. The van der Waals surface area contributed by atoms with Crippen LogP contribution >= 0.6 is 0 Å². The summed E-state index contributed by atoms with van der Waals surface area (Å²) in [5.74, 6) is -0.294. The van der Waals surface area contributed by atoms with Crippen molar-refractivity contribution in [3.05, 3.63) is 0 Å². The Balaban J connectivity index is 2.40. The van der Waals surface area contributed by atoms with E-state index in [-0.39, 0.29) is 18.1 Å². The first-order chi connectivity index (χ1) is 6.88. The summed E-state index contributed by atoms with van der Waals surface area (Å²) < 4.78 is 21.7. The Labute approximate surface area is 90.0 Å². The van der Waals surface area contributed by atoms with Crippen molar-refractivity contribution in [2.75, 3.05) is 25.1 Å². The predicted octanol–water partition coefficient (Wildman–Crippen LogP) is -0.596. The fourth-order valence-corrected chi connectivity index (χ4v) is 2.16. The number of β-amino-alcohol motifs (C(OH)–C–C–N with tert-alkyl or cyclic N) is 1. The van der Waals surface area contributed by atoms with Gasteiger partial charge in [-0.25, -0.2) is 8.42 Å². The first-order valence-electron chi connectivity index (χ1n) is 5.02. The Kier molecular flexibility index (Phi) is 4.10. The van der Waals surface area contributed by atoms with Crippen LogP contribution in [-0.4, -0.2) is 55.5 Å². The number of hydrogen-bond acceptors (Lipinski definition) is 4. The summed E-state index contributed by atoms with van der Waals surface area (Å²) in [6.07, 6.45) is 2.18. The second-order valence-corrected chi connectivity index (χ2v) is 6.28. The summed E-state index contributed by atoms with van der Waals surface area (Å²) in [6, 6.07) is 0. The predicted molar refractivity (Wildman–Crippen MR) is 56.1 cm³/mol. The maximum Gasteiger partial charge on any atom is 0.223 e. The third-order valence-electron chi connectivity index (χ3n) is 2.44. The van der Waals surface area contributed by atoms with E-state index in [1.54, 1.807) is 4.90 Å². The van der Waals surface area contributed by atoms with Crippen LogP contribution in [-0.2, 0) is 14.6 Å². The van der Waals surface area contributed by atoms with Crippen molar-refractivity contribution in [2.24, 2.45) is 0 Å². The van der Waals surface area contributed by atoms with Gasteiger partial charge in [-0.2, -0.15) is 0 Å². The molecule has 1 N–H and O–H groups in total. The number of hydrogen-bond donors (Lipinski definition) is 1. The standard InChI is InChI=1S/C9H17NO4S/c1-15(13,14)6-4-9(12)10-5-2-3-8(11)7-10/h8,11H,2-7H2,1H3/t8-/m0/s1. The molecule has 0 aliphatic carbocycles. The molecule has 1 aliphatic heterocycles. The van der Waals surface area contributed by atoms with E-state index >= 15 is 0 Å². The molecule has 1 rings (SSSR count). The second kappa shape index (κ2) is 4.94. The van der Waals surface area contributed by atoms with Crippen molar-refractivity contribution >= 4 is 15.7 Å². The van der Waals surface area contributed by atoms with Crippen molar-refractivity contribution < 1.29 is 18.3 Å². The lowest BCUT2D eigenvalue weighted by molar-refractivity contribution is -0.133. The number of carbonyl (C=O) groups excluding carboxylic acids is 1. The van der Waals surface area contributed by atoms with Gasteiger partial charge in [0.05, 0.1) is 11.9 Å². The number of sulfone groups is 1. The molecule has 0 aromatic heterocycles. The van der Waals surface area contributed by atoms with Crippen molar-refractivity contribution in [3.63, 3.8) is 0 Å². The van der Waals surface area contributed by atoms with Crippen molar-refractivity contribution in [3.8, 4) is 0 Å². The fraction of sp³-hybridized carbons (Fsp3) is 0.889. The van der Waals surface area contributed by atoms with Crippen LogP contribution in [0.3, 0.4) is 0 Å². The third-order valence-corrected chi connectivity index (χ3v) is 3.38. The lowest BCUT2D eigenvalue weighted by Crippen LogP contribution is -2.42. The van der Waals surface area contributed by atoms with Gasteiger partial charge in [0.15, 0.2) is 0 Å². The van der Waals surface area contributed by atoms with Crippen molar-refractivity contribution in [1.29, 1.82) is 0 Å². The Morgan fingerprint density at radius 3 is 2.73 bits per heavy atom. The van der Waals surface area contributed by atoms with E-state index in [0.717, 1.165) is 19.1 Å². The van der Waals surface area contributed by atoms with Crippen LogP contribution < -0.4 is 0 Å². The van der Waals surface area contributed by atoms with Gasteiger partial charge in [0, 0.05) is 25.8 Å². The molecule has 88 valence electrons. The van der Waals surface area contributed by atoms with Crippen LogP contribution in [0.1, 0.15) is 19.3 Å². The van der Waals surface area contributed by atoms with E-state index in [4.69, 9.17) is 0 Å². The zero-order valence-corrected chi connectivity index (χ0v) is 9.66. The molecule has 0 saturated carbocycles. The zero-order chi connectivity index (χ0) is 11.5. The fourth-order valence-electron chi connectivity index (χ4n) is 1.61. The molecule has 1 aliphatic rings. The summed E-state index contributed by atoms with van der Waals surface area (Å²) in [6.45, 7) is 0.961. The number of nitrogens with zero attached hydrogens (tertiary/aromatic N) is 1. The quantitative estimate of drug-likeness (QED) is 0.709. The summed E-state index contributed by atoms with van der Waals surface area (Å²) in [5, 5.41) is 9.34. The average Bonchev–Trinajstić information content (AvgIpc) is 2.13. The van der Waals surface area contributed by atoms with E-state index in [9.17, 15) is 18.3 Å². The van der Waals surface area contributed by atoms with Crippen molar-refractivity contribution in [2.45, 2.75) is 25.4 Å². The van der Waals surface area contributed by atoms with Crippen LogP contribution in [0.4, 0.5) is 0 Å². The number of likely N-dealkylation sites (tertiary alicyclic amines) is 1. The molecule has 0 bridgehead atoms. The maximum atomic E-state index is 11.5. The van der Waals surface area contributed by atoms with E-state index < -0.39 is 15.9 Å². The minimum atomic E-state index is -3.08. The Hall–Kier alpha value is -0.620. The minimum absolute atomic E-state index is 0.0194. The van der Waals surface area contributed by atoms with Gasteiger partial charge < -0.3 is 10.0 Å². The molecule has 0 aromatic carbocycles. The number of aliphatic hydroxyl groups excluding tert-OH is 1. The summed E-state index contributed by atoms with van der Waals surface area (Å²) in [5.41, 5.74) is 0. The van der Waals surface area contributed by atoms with E-state index in [1.165, 1.54) is 0 Å². The van der Waals surface area contributed by atoms with Crippen LogP contribution in [0.5, 0.6) is 0 Å². The molecule has 1 saturated heterocycles. The molecule has 1 amide bonds. The number of carbonyl (C=O) groups is 1. The smallest absolute Gasteiger partial charge is 0.223 e. The van der Waals surface area contributed by atoms with Gasteiger partial charge in [0.1, 0.15) is 9.84 Å². The lowest BCUT2D eigenvalue weighted by atomic mass is 10.1. The SMILES string of the molecule is CS(=O)(=O)CCC(=O)N1CCC[C@H](O)C1. The molecule has 1 atom stereocenters. The van der Waals surface area contributed by atoms with Crippen LogP contribution in [0.25, 0.3) is 0 Å². The van der Waals surface area contributed by atoms with Crippen LogP contribution in [0.15, 0.2) is 0 Å². The van der Waals surface area contributed by atoms with Gasteiger partial charge >= 0.3 is 0 Å². The van der Waals surface area contributed by atoms with Crippen LogP contribution in [0, 0.1) is 0 Å². The van der Waals surface area contributed by atoms with Crippen LogP contribution in [0.2, 0.25) is 0 Å². The number of aliphatic hydroxyl groups is 1. The molecular weight excluding hydrogens is 218 g/mol. The number of amides is 1. The molecule has 0 radical (unpaired) electrons. The van der Waals surface area contributed by atoms with Crippen molar-refractivity contribution in [1.82, 2.24) is 4.90 Å². The summed E-state index contributed by atoms with van der Waals surface area (Å²) in [7, 11) is -3.08. The Morgan fingerprint density at radius 1 is 1.53 bits per heavy atom. The van der Waals surface area contributed by atoms with E-state index in [0.29, 0.717) is 13.1 Å². The molecule has 0 unspecified atom stereocenters. The summed E-state index contributed by atoms with van der Waals surface area (Å²) in [4.78, 5) is 13.1. The molecule has 6 heteroatoms.